The minimum Gasteiger partial charge on any atom is -0.441 e. The maximum Gasteiger partial charge on any atom is 0.328 e. The van der Waals surface area contributed by atoms with Crippen molar-refractivity contribution in [3.8, 4) is 5.69 Å². The molecule has 0 unspecified atom stereocenters. The number of nitrogens with zero attached hydrogens (tertiary/aromatic N) is 5. The molecule has 4 rings (SSSR count). The zero-order valence-corrected chi connectivity index (χ0v) is 15.5. The van der Waals surface area contributed by atoms with Gasteiger partial charge < -0.3 is 4.42 Å². The number of nitrogens with one attached hydrogen (secondary N) is 1. The van der Waals surface area contributed by atoms with Crippen molar-refractivity contribution < 1.29 is 17.4 Å². The Labute approximate surface area is 163 Å². The number of rotatable bonds is 5. The second-order valence-electron chi connectivity index (χ2n) is 5.50. The first-order valence-electron chi connectivity index (χ1n) is 7.73. The van der Waals surface area contributed by atoms with Crippen LogP contribution in [0.4, 0.5) is 5.82 Å². The number of hydrogen-bond donors (Lipinski definition) is 2. The summed E-state index contributed by atoms with van der Waals surface area (Å²) in [4.78, 5) is 8.37. The van der Waals surface area contributed by atoms with Crippen LogP contribution in [0.3, 0.4) is 0 Å². The van der Waals surface area contributed by atoms with Crippen LogP contribution in [0.15, 0.2) is 63.5 Å². The van der Waals surface area contributed by atoms with E-state index in [0.29, 0.717) is 21.9 Å². The van der Waals surface area contributed by atoms with E-state index in [4.69, 9.17) is 20.6 Å². The summed E-state index contributed by atoms with van der Waals surface area (Å²) < 4.78 is 37.5. The highest BCUT2D eigenvalue weighted by Gasteiger charge is 2.14. The van der Waals surface area contributed by atoms with Crippen LogP contribution in [0.25, 0.3) is 16.7 Å². The quantitative estimate of drug-likeness (QED) is 0.287. The number of furan rings is 1. The van der Waals surface area contributed by atoms with Crippen LogP contribution in [0, 0.1) is 0 Å². The maximum absolute atomic E-state index is 11.0. The normalized spacial score (nSPS) is 12.1. The number of halogens is 1. The van der Waals surface area contributed by atoms with E-state index < -0.39 is 15.2 Å². The minimum absolute atomic E-state index is 0.125. The molecule has 4 aromatic rings. The van der Waals surface area contributed by atoms with E-state index in [9.17, 15) is 8.42 Å². The summed E-state index contributed by atoms with van der Waals surface area (Å²) in [5, 5.41) is 8.89. The van der Waals surface area contributed by atoms with E-state index in [1.807, 2.05) is 6.07 Å². The Morgan fingerprint density at radius 3 is 2.86 bits per heavy atom. The molecule has 0 aliphatic rings. The molecule has 0 spiro atoms. The Hall–Kier alpha value is -3.28. The van der Waals surface area contributed by atoms with Gasteiger partial charge in [0.05, 0.1) is 23.5 Å². The summed E-state index contributed by atoms with van der Waals surface area (Å²) in [5.41, 5.74) is 4.01. The standard InChI is InChI=1S/C16H11ClN6O4S/c17-10-2-1-3-11(6-10)23-16-13(8-21-23)15(18-9-19-16)22-20-7-12-4-5-14(27-12)28(24,25)26/h1-9H,(H,18,19,22)(H,24,25,26). The highest BCUT2D eigenvalue weighted by molar-refractivity contribution is 7.85. The van der Waals surface area contributed by atoms with Crippen molar-refractivity contribution in [2.24, 2.45) is 5.10 Å². The lowest BCUT2D eigenvalue weighted by molar-refractivity contribution is 0.404. The van der Waals surface area contributed by atoms with Crippen molar-refractivity contribution in [1.29, 1.82) is 0 Å². The zero-order chi connectivity index (χ0) is 19.7. The predicted octanol–water partition coefficient (Wildman–Crippen LogP) is 2.75. The Morgan fingerprint density at radius 2 is 2.11 bits per heavy atom. The lowest BCUT2D eigenvalue weighted by Crippen LogP contribution is -1.99. The van der Waals surface area contributed by atoms with Gasteiger partial charge in [0.25, 0.3) is 0 Å². The van der Waals surface area contributed by atoms with E-state index in [1.165, 1.54) is 18.6 Å². The molecule has 2 N–H and O–H groups in total. The fraction of sp³-hybridized carbons (Fsp3) is 0. The Morgan fingerprint density at radius 1 is 1.25 bits per heavy atom. The van der Waals surface area contributed by atoms with Gasteiger partial charge in [0.15, 0.2) is 11.5 Å². The van der Waals surface area contributed by atoms with Crippen molar-refractivity contribution in [3.05, 3.63) is 59.7 Å². The highest BCUT2D eigenvalue weighted by atomic mass is 35.5. The van der Waals surface area contributed by atoms with Crippen molar-refractivity contribution in [3.63, 3.8) is 0 Å². The summed E-state index contributed by atoms with van der Waals surface area (Å²) in [6.07, 6.45) is 4.17. The number of aromatic nitrogens is 4. The Balaban J connectivity index is 1.61. The summed E-state index contributed by atoms with van der Waals surface area (Å²) >= 11 is 6.03. The molecule has 3 aromatic heterocycles. The largest absolute Gasteiger partial charge is 0.441 e. The van der Waals surface area contributed by atoms with Gasteiger partial charge in [-0.05, 0) is 30.3 Å². The number of anilines is 1. The molecule has 0 saturated carbocycles. The number of benzene rings is 1. The fourth-order valence-corrected chi connectivity index (χ4v) is 3.06. The molecule has 28 heavy (non-hydrogen) atoms. The van der Waals surface area contributed by atoms with Crippen molar-refractivity contribution in [2.45, 2.75) is 5.09 Å². The van der Waals surface area contributed by atoms with Gasteiger partial charge in [-0.1, -0.05) is 17.7 Å². The first-order chi connectivity index (χ1) is 13.4. The molecule has 0 radical (unpaired) electrons. The van der Waals surface area contributed by atoms with Gasteiger partial charge in [-0.2, -0.15) is 18.6 Å². The third-order valence-corrected chi connectivity index (χ3v) is 4.60. The van der Waals surface area contributed by atoms with E-state index in [0.717, 1.165) is 11.8 Å². The van der Waals surface area contributed by atoms with Gasteiger partial charge >= 0.3 is 10.1 Å². The van der Waals surface area contributed by atoms with Gasteiger partial charge in [-0.3, -0.25) is 9.98 Å². The summed E-state index contributed by atoms with van der Waals surface area (Å²) in [6, 6.07) is 9.63. The van der Waals surface area contributed by atoms with Gasteiger partial charge in [-0.25, -0.2) is 14.6 Å². The third kappa shape index (κ3) is 3.58. The second kappa shape index (κ2) is 7.03. The van der Waals surface area contributed by atoms with Crippen LogP contribution >= 0.6 is 11.6 Å². The average molecular weight is 419 g/mol. The van der Waals surface area contributed by atoms with Gasteiger partial charge in [0.1, 0.15) is 12.1 Å². The first-order valence-corrected chi connectivity index (χ1v) is 9.55. The van der Waals surface area contributed by atoms with Gasteiger partial charge in [0.2, 0.25) is 5.09 Å². The molecule has 12 heteroatoms. The smallest absolute Gasteiger partial charge is 0.328 e. The predicted molar refractivity (Wildman–Crippen MR) is 101 cm³/mol. The molecule has 0 saturated heterocycles. The summed E-state index contributed by atoms with van der Waals surface area (Å²) in [6.45, 7) is 0. The van der Waals surface area contributed by atoms with E-state index in [1.54, 1.807) is 29.1 Å². The van der Waals surface area contributed by atoms with Gasteiger partial charge in [0, 0.05) is 5.02 Å². The third-order valence-electron chi connectivity index (χ3n) is 3.64. The van der Waals surface area contributed by atoms with E-state index in [2.05, 4.69) is 25.6 Å². The van der Waals surface area contributed by atoms with Crippen LogP contribution in [-0.2, 0) is 10.1 Å². The Kier molecular flexibility index (Phi) is 4.55. The van der Waals surface area contributed by atoms with Crippen molar-refractivity contribution in [1.82, 2.24) is 19.7 Å². The fourth-order valence-electron chi connectivity index (χ4n) is 2.43. The SMILES string of the molecule is O=S(=O)(O)c1ccc(C=NNc2ncnc3c2cnn3-c2cccc(Cl)c2)o1. The zero-order valence-electron chi connectivity index (χ0n) is 13.9. The molecule has 0 amide bonds. The topological polar surface area (TPSA) is 136 Å². The molecule has 1 aromatic carbocycles. The minimum atomic E-state index is -4.40. The maximum atomic E-state index is 11.0. The van der Waals surface area contributed by atoms with Crippen LogP contribution in [0.1, 0.15) is 5.76 Å². The molecular weight excluding hydrogens is 408 g/mol. The summed E-state index contributed by atoms with van der Waals surface area (Å²) in [5.74, 6) is 0.510. The van der Waals surface area contributed by atoms with Crippen LogP contribution in [0.5, 0.6) is 0 Å². The van der Waals surface area contributed by atoms with Crippen LogP contribution in [0.2, 0.25) is 5.02 Å². The van der Waals surface area contributed by atoms with E-state index in [-0.39, 0.29) is 5.76 Å². The molecule has 0 aliphatic heterocycles. The molecule has 142 valence electrons. The molecule has 0 bridgehead atoms. The average Bonchev–Trinajstić information content (AvgIpc) is 3.29. The van der Waals surface area contributed by atoms with E-state index >= 15 is 0 Å². The monoisotopic (exact) mass is 418 g/mol. The van der Waals surface area contributed by atoms with Crippen molar-refractivity contribution >= 4 is 44.8 Å². The van der Waals surface area contributed by atoms with Crippen LogP contribution in [-0.4, -0.2) is 38.9 Å². The number of hydrogen-bond acceptors (Lipinski definition) is 8. The van der Waals surface area contributed by atoms with Crippen LogP contribution < -0.4 is 5.43 Å². The molecule has 3 heterocycles. The van der Waals surface area contributed by atoms with Gasteiger partial charge in [-0.15, -0.1) is 0 Å². The highest BCUT2D eigenvalue weighted by Crippen LogP contribution is 2.23. The Bertz CT molecular complexity index is 1300. The second-order valence-corrected chi connectivity index (χ2v) is 7.29. The number of fused-ring (bicyclic) bond motifs is 1. The lowest BCUT2D eigenvalue weighted by atomic mass is 10.3. The first kappa shape index (κ1) is 18.1. The summed E-state index contributed by atoms with van der Waals surface area (Å²) in [7, 11) is -4.40. The molecule has 0 fully saturated rings. The number of hydrazone groups is 1. The molecular formula is C16H11ClN6O4S. The van der Waals surface area contributed by atoms with Crippen molar-refractivity contribution in [2.75, 3.05) is 5.43 Å². The molecule has 10 nitrogen and oxygen atoms in total. The molecule has 0 aliphatic carbocycles. The molecule has 0 atom stereocenters. The lowest BCUT2D eigenvalue weighted by Gasteiger charge is -2.04.